The minimum absolute atomic E-state index is 0.0234. The van der Waals surface area contributed by atoms with E-state index in [1.54, 1.807) is 4.90 Å². The molecular weight excluding hydrogens is 396 g/mol. The number of hydrogen-bond donors (Lipinski definition) is 1. The second-order valence-electron chi connectivity index (χ2n) is 8.83. The van der Waals surface area contributed by atoms with E-state index in [0.717, 1.165) is 38.9 Å². The van der Waals surface area contributed by atoms with Gasteiger partial charge in [0, 0.05) is 39.8 Å². The van der Waals surface area contributed by atoms with Crippen molar-refractivity contribution in [2.75, 3.05) is 46.4 Å². The predicted molar refractivity (Wildman–Crippen MR) is 115 cm³/mol. The lowest BCUT2D eigenvalue weighted by molar-refractivity contribution is -0.141. The molecule has 3 saturated heterocycles. The van der Waals surface area contributed by atoms with Gasteiger partial charge in [-0.05, 0) is 37.7 Å². The van der Waals surface area contributed by atoms with Crippen LogP contribution in [-0.2, 0) is 20.7 Å². The molecule has 0 aliphatic carbocycles. The number of methoxy groups -OCH3 is 1. The highest BCUT2D eigenvalue weighted by molar-refractivity contribution is 6.07. The number of nitrogens with one attached hydrogen (secondary N) is 1. The minimum atomic E-state index is -0.793. The van der Waals surface area contributed by atoms with Gasteiger partial charge in [0.2, 0.25) is 5.91 Å². The van der Waals surface area contributed by atoms with Crippen LogP contribution in [-0.4, -0.2) is 90.6 Å². The Morgan fingerprint density at radius 1 is 1.16 bits per heavy atom. The number of carbonyl (C=O) groups is 3. The summed E-state index contributed by atoms with van der Waals surface area (Å²) in [4.78, 5) is 43.9. The lowest BCUT2D eigenvalue weighted by Crippen LogP contribution is -2.56. The van der Waals surface area contributed by atoms with Crippen LogP contribution >= 0.6 is 0 Å². The fourth-order valence-corrected chi connectivity index (χ4v) is 5.01. The minimum Gasteiger partial charge on any atom is -0.375 e. The highest BCUT2D eigenvalue weighted by Crippen LogP contribution is 2.32. The lowest BCUT2D eigenvalue weighted by Gasteiger charge is -2.39. The molecule has 3 heterocycles. The molecule has 8 nitrogen and oxygen atoms in total. The zero-order chi connectivity index (χ0) is 21.8. The van der Waals surface area contributed by atoms with Gasteiger partial charge in [0.1, 0.15) is 12.1 Å². The molecule has 168 valence electrons. The summed E-state index contributed by atoms with van der Waals surface area (Å²) in [6, 6.07) is 9.82. The Bertz CT molecular complexity index is 807. The van der Waals surface area contributed by atoms with E-state index in [1.165, 1.54) is 17.6 Å². The SMILES string of the molecule is COCC(=O)N1CCC[C@H](N2C(=O)NC3(CCN(CCc4ccccc4)CC3)C2=O)C1. The number of nitrogens with zero attached hydrogens (tertiary/aromatic N) is 3. The molecule has 3 aliphatic rings. The first-order chi connectivity index (χ1) is 15.0. The van der Waals surface area contributed by atoms with Gasteiger partial charge in [-0.2, -0.15) is 0 Å². The second-order valence-corrected chi connectivity index (χ2v) is 8.83. The Labute approximate surface area is 183 Å². The standard InChI is InChI=1S/C23H32N4O4/c1-31-17-20(28)26-12-5-8-19(16-26)27-21(29)23(24-22(27)30)10-14-25(15-11-23)13-9-18-6-3-2-4-7-18/h2-4,6-7,19H,5,8-17H2,1H3,(H,24,30)/t19-/m0/s1. The highest BCUT2D eigenvalue weighted by Gasteiger charge is 2.54. The number of benzene rings is 1. The molecule has 1 N–H and O–H groups in total. The zero-order valence-electron chi connectivity index (χ0n) is 18.2. The van der Waals surface area contributed by atoms with Gasteiger partial charge >= 0.3 is 6.03 Å². The normalized spacial score (nSPS) is 24.0. The summed E-state index contributed by atoms with van der Waals surface area (Å²) in [5, 5.41) is 3.01. The van der Waals surface area contributed by atoms with E-state index in [-0.39, 0.29) is 30.5 Å². The molecule has 1 spiro atoms. The number of hydrogen-bond acceptors (Lipinski definition) is 5. The molecule has 3 aliphatic heterocycles. The first-order valence-electron chi connectivity index (χ1n) is 11.2. The van der Waals surface area contributed by atoms with Crippen LogP contribution in [0.3, 0.4) is 0 Å². The van der Waals surface area contributed by atoms with E-state index in [4.69, 9.17) is 4.74 Å². The number of ether oxygens (including phenoxy) is 1. The summed E-state index contributed by atoms with van der Waals surface area (Å²) < 4.78 is 4.95. The van der Waals surface area contributed by atoms with Crippen LogP contribution in [0.2, 0.25) is 0 Å². The summed E-state index contributed by atoms with van der Waals surface area (Å²) >= 11 is 0. The zero-order valence-corrected chi connectivity index (χ0v) is 18.2. The molecule has 4 amide bonds. The van der Waals surface area contributed by atoms with Crippen molar-refractivity contribution in [3.05, 3.63) is 35.9 Å². The number of carbonyl (C=O) groups excluding carboxylic acids is 3. The maximum absolute atomic E-state index is 13.4. The molecule has 1 aromatic carbocycles. The summed E-state index contributed by atoms with van der Waals surface area (Å²) in [5.74, 6) is -0.216. The van der Waals surface area contributed by atoms with E-state index in [0.29, 0.717) is 25.9 Å². The molecule has 0 radical (unpaired) electrons. The van der Waals surface area contributed by atoms with Gasteiger partial charge < -0.3 is 19.9 Å². The van der Waals surface area contributed by atoms with Crippen molar-refractivity contribution in [3.63, 3.8) is 0 Å². The number of piperidine rings is 2. The van der Waals surface area contributed by atoms with E-state index < -0.39 is 5.54 Å². The van der Waals surface area contributed by atoms with Gasteiger partial charge in [-0.1, -0.05) is 30.3 Å². The molecule has 3 fully saturated rings. The first kappa shape index (κ1) is 21.8. The number of likely N-dealkylation sites (tertiary alicyclic amines) is 2. The number of imide groups is 1. The van der Waals surface area contributed by atoms with Gasteiger partial charge in [0.05, 0.1) is 6.04 Å². The smallest absolute Gasteiger partial charge is 0.325 e. The maximum atomic E-state index is 13.4. The van der Waals surface area contributed by atoms with Crippen molar-refractivity contribution < 1.29 is 19.1 Å². The molecule has 8 heteroatoms. The molecule has 0 bridgehead atoms. The molecule has 1 aromatic rings. The first-order valence-corrected chi connectivity index (χ1v) is 11.2. The quantitative estimate of drug-likeness (QED) is 0.690. The highest BCUT2D eigenvalue weighted by atomic mass is 16.5. The number of rotatable bonds is 6. The molecule has 0 aromatic heterocycles. The van der Waals surface area contributed by atoms with Crippen LogP contribution in [0.25, 0.3) is 0 Å². The average Bonchev–Trinajstić information content (AvgIpc) is 3.03. The molecule has 1 atom stereocenters. The molecule has 0 unspecified atom stereocenters. The summed E-state index contributed by atoms with van der Waals surface area (Å²) in [5.41, 5.74) is 0.517. The van der Waals surface area contributed by atoms with Crippen molar-refractivity contribution in [2.24, 2.45) is 0 Å². The molecule has 0 saturated carbocycles. The third-order valence-electron chi connectivity index (χ3n) is 6.84. The van der Waals surface area contributed by atoms with Crippen molar-refractivity contribution in [1.29, 1.82) is 0 Å². The predicted octanol–water partition coefficient (Wildman–Crippen LogP) is 1.25. The Balaban J connectivity index is 1.34. The molecule has 31 heavy (non-hydrogen) atoms. The third-order valence-corrected chi connectivity index (χ3v) is 6.84. The monoisotopic (exact) mass is 428 g/mol. The van der Waals surface area contributed by atoms with E-state index in [9.17, 15) is 14.4 Å². The van der Waals surface area contributed by atoms with E-state index >= 15 is 0 Å². The topological polar surface area (TPSA) is 82.2 Å². The summed E-state index contributed by atoms with van der Waals surface area (Å²) in [6.07, 6.45) is 3.74. The summed E-state index contributed by atoms with van der Waals surface area (Å²) in [7, 11) is 1.49. The largest absolute Gasteiger partial charge is 0.375 e. The van der Waals surface area contributed by atoms with Crippen molar-refractivity contribution in [2.45, 2.75) is 43.7 Å². The van der Waals surface area contributed by atoms with E-state index in [2.05, 4.69) is 34.5 Å². The Morgan fingerprint density at radius 2 is 1.90 bits per heavy atom. The van der Waals surface area contributed by atoms with Crippen LogP contribution < -0.4 is 5.32 Å². The van der Waals surface area contributed by atoms with Gasteiger partial charge in [0.15, 0.2) is 0 Å². The van der Waals surface area contributed by atoms with Crippen LogP contribution in [0.1, 0.15) is 31.2 Å². The lowest BCUT2D eigenvalue weighted by atomic mass is 9.87. The van der Waals surface area contributed by atoms with Gasteiger partial charge in [0.25, 0.3) is 5.91 Å². The summed E-state index contributed by atoms with van der Waals surface area (Å²) in [6.45, 7) is 3.58. The molecular formula is C23H32N4O4. The number of urea groups is 1. The van der Waals surface area contributed by atoms with Crippen molar-refractivity contribution in [3.8, 4) is 0 Å². The Morgan fingerprint density at radius 3 is 2.61 bits per heavy atom. The van der Waals surface area contributed by atoms with Crippen LogP contribution in [0.15, 0.2) is 30.3 Å². The van der Waals surface area contributed by atoms with Gasteiger partial charge in [-0.3, -0.25) is 14.5 Å². The fraction of sp³-hybridized carbons (Fsp3) is 0.609. The van der Waals surface area contributed by atoms with Crippen molar-refractivity contribution >= 4 is 17.8 Å². The van der Waals surface area contributed by atoms with Crippen LogP contribution in [0, 0.1) is 0 Å². The fourth-order valence-electron chi connectivity index (χ4n) is 5.01. The Kier molecular flexibility index (Phi) is 6.57. The maximum Gasteiger partial charge on any atom is 0.325 e. The molecule has 4 rings (SSSR count). The van der Waals surface area contributed by atoms with Crippen LogP contribution in [0.4, 0.5) is 4.79 Å². The van der Waals surface area contributed by atoms with E-state index in [1.807, 2.05) is 6.07 Å². The van der Waals surface area contributed by atoms with Crippen LogP contribution in [0.5, 0.6) is 0 Å². The Hall–Kier alpha value is -2.45. The van der Waals surface area contributed by atoms with Gasteiger partial charge in [-0.25, -0.2) is 4.79 Å². The number of amides is 4. The van der Waals surface area contributed by atoms with Gasteiger partial charge in [-0.15, -0.1) is 0 Å². The second kappa shape index (κ2) is 9.36. The third kappa shape index (κ3) is 4.60. The van der Waals surface area contributed by atoms with Crippen molar-refractivity contribution in [1.82, 2.24) is 20.0 Å². The average molecular weight is 429 g/mol.